The Balaban J connectivity index is 2.71. The van der Waals surface area contributed by atoms with Gasteiger partial charge in [0, 0.05) is 12.1 Å². The number of carboxylic acids is 1. The molecule has 0 aromatic heterocycles. The van der Waals surface area contributed by atoms with Gasteiger partial charge in [-0.3, -0.25) is 9.59 Å². The van der Waals surface area contributed by atoms with Crippen LogP contribution in [0.5, 0.6) is 0 Å². The zero-order valence-corrected chi connectivity index (χ0v) is 10.1. The van der Waals surface area contributed by atoms with Crippen LogP contribution in [-0.4, -0.2) is 39.5 Å². The van der Waals surface area contributed by atoms with Crippen molar-refractivity contribution < 1.29 is 14.7 Å². The molecule has 16 heavy (non-hydrogen) atoms. The van der Waals surface area contributed by atoms with E-state index in [1.165, 1.54) is 0 Å². The van der Waals surface area contributed by atoms with Crippen molar-refractivity contribution in [3.8, 4) is 0 Å². The highest BCUT2D eigenvalue weighted by molar-refractivity contribution is 5.89. The van der Waals surface area contributed by atoms with Crippen LogP contribution in [0.1, 0.15) is 40.0 Å². The molecule has 5 heteroatoms. The quantitative estimate of drug-likeness (QED) is 0.737. The van der Waals surface area contributed by atoms with E-state index >= 15 is 0 Å². The molecule has 0 radical (unpaired) electrons. The fraction of sp³-hybridized carbons (Fsp3) is 0.818. The number of carbonyl (C=O) groups is 2. The first-order valence-electron chi connectivity index (χ1n) is 5.49. The molecule has 0 spiro atoms. The molecule has 1 aliphatic rings. The summed E-state index contributed by atoms with van der Waals surface area (Å²) in [5.41, 5.74) is 4.74. The maximum absolute atomic E-state index is 12.1. The Labute approximate surface area is 95.6 Å². The Hall–Kier alpha value is -1.10. The lowest BCUT2D eigenvalue weighted by molar-refractivity contribution is -0.141. The van der Waals surface area contributed by atoms with Gasteiger partial charge in [-0.05, 0) is 33.6 Å². The summed E-state index contributed by atoms with van der Waals surface area (Å²) in [6.45, 7) is 5.88. The van der Waals surface area contributed by atoms with Crippen molar-refractivity contribution in [3.05, 3.63) is 0 Å². The fourth-order valence-corrected chi connectivity index (χ4v) is 1.57. The molecule has 0 bridgehead atoms. The van der Waals surface area contributed by atoms with Crippen LogP contribution in [0.4, 0.5) is 0 Å². The topological polar surface area (TPSA) is 83.6 Å². The van der Waals surface area contributed by atoms with Gasteiger partial charge in [-0.1, -0.05) is 0 Å². The van der Waals surface area contributed by atoms with Crippen molar-refractivity contribution in [3.63, 3.8) is 0 Å². The molecule has 1 fully saturated rings. The van der Waals surface area contributed by atoms with E-state index < -0.39 is 11.5 Å². The van der Waals surface area contributed by atoms with E-state index in [0.717, 1.165) is 0 Å². The minimum absolute atomic E-state index is 0.0426. The highest BCUT2D eigenvalue weighted by Gasteiger charge is 2.49. The number of nitrogens with zero attached hydrogens (tertiary/aromatic N) is 1. The molecule has 1 saturated carbocycles. The predicted octanol–water partition coefficient (Wildman–Crippen LogP) is 0.579. The van der Waals surface area contributed by atoms with E-state index in [-0.39, 0.29) is 24.4 Å². The van der Waals surface area contributed by atoms with Gasteiger partial charge in [0.1, 0.15) is 0 Å². The SMILES string of the molecule is CC(C)(C)N(CCC(=O)O)C(=O)C1(N)CC1. The number of amides is 1. The summed E-state index contributed by atoms with van der Waals surface area (Å²) in [4.78, 5) is 24.2. The van der Waals surface area contributed by atoms with Crippen molar-refractivity contribution in [2.75, 3.05) is 6.54 Å². The first-order valence-corrected chi connectivity index (χ1v) is 5.49. The number of hydrogen-bond acceptors (Lipinski definition) is 3. The molecule has 1 aliphatic carbocycles. The standard InChI is InChI=1S/C11H20N2O3/c1-10(2,3)13(7-4-8(14)15)9(16)11(12)5-6-11/h4-7,12H2,1-3H3,(H,14,15). The van der Waals surface area contributed by atoms with Gasteiger partial charge in [0.2, 0.25) is 5.91 Å². The summed E-state index contributed by atoms with van der Waals surface area (Å²) in [5, 5.41) is 8.66. The van der Waals surface area contributed by atoms with Gasteiger partial charge in [0.25, 0.3) is 0 Å². The van der Waals surface area contributed by atoms with Gasteiger partial charge < -0.3 is 15.7 Å². The average molecular weight is 228 g/mol. The molecule has 0 atom stereocenters. The van der Waals surface area contributed by atoms with Gasteiger partial charge in [0.05, 0.1) is 12.0 Å². The van der Waals surface area contributed by atoms with Gasteiger partial charge in [-0.25, -0.2) is 0 Å². The number of nitrogens with two attached hydrogens (primary N) is 1. The third kappa shape index (κ3) is 2.95. The first-order chi connectivity index (χ1) is 7.17. The lowest BCUT2D eigenvalue weighted by Crippen LogP contribution is -2.54. The van der Waals surface area contributed by atoms with Crippen LogP contribution in [0.25, 0.3) is 0 Å². The molecule has 92 valence electrons. The van der Waals surface area contributed by atoms with Gasteiger partial charge in [-0.15, -0.1) is 0 Å². The van der Waals surface area contributed by atoms with Gasteiger partial charge in [0.15, 0.2) is 0 Å². The summed E-state index contributed by atoms with van der Waals surface area (Å²) >= 11 is 0. The highest BCUT2D eigenvalue weighted by Crippen LogP contribution is 2.36. The predicted molar refractivity (Wildman–Crippen MR) is 59.9 cm³/mol. The second-order valence-corrected chi connectivity index (χ2v) is 5.43. The smallest absolute Gasteiger partial charge is 0.305 e. The fourth-order valence-electron chi connectivity index (χ4n) is 1.57. The molecule has 0 unspecified atom stereocenters. The van der Waals surface area contributed by atoms with E-state index in [0.29, 0.717) is 12.8 Å². The average Bonchev–Trinajstić information content (AvgIpc) is 2.82. The van der Waals surface area contributed by atoms with Crippen LogP contribution in [0.15, 0.2) is 0 Å². The maximum Gasteiger partial charge on any atom is 0.305 e. The zero-order chi connectivity index (χ0) is 12.6. The first kappa shape index (κ1) is 13.0. The lowest BCUT2D eigenvalue weighted by atomic mass is 10.0. The molecule has 3 N–H and O–H groups in total. The van der Waals surface area contributed by atoms with Crippen molar-refractivity contribution in [1.82, 2.24) is 4.90 Å². The largest absolute Gasteiger partial charge is 0.481 e. The summed E-state index contributed by atoms with van der Waals surface area (Å²) in [6, 6.07) is 0. The van der Waals surface area contributed by atoms with Crippen LogP contribution in [0.3, 0.4) is 0 Å². The third-order valence-corrected chi connectivity index (χ3v) is 2.82. The number of aliphatic carboxylic acids is 1. The van der Waals surface area contributed by atoms with E-state index in [9.17, 15) is 9.59 Å². The molecule has 0 aromatic rings. The Morgan fingerprint density at radius 1 is 1.38 bits per heavy atom. The molecule has 1 rings (SSSR count). The van der Waals surface area contributed by atoms with E-state index in [2.05, 4.69) is 0 Å². The summed E-state index contributed by atoms with van der Waals surface area (Å²) in [5.74, 6) is -1.02. The summed E-state index contributed by atoms with van der Waals surface area (Å²) < 4.78 is 0. The minimum Gasteiger partial charge on any atom is -0.481 e. The van der Waals surface area contributed by atoms with Crippen molar-refractivity contribution >= 4 is 11.9 Å². The second kappa shape index (κ2) is 4.05. The monoisotopic (exact) mass is 228 g/mol. The second-order valence-electron chi connectivity index (χ2n) is 5.43. The number of carbonyl (C=O) groups excluding carboxylic acids is 1. The molecule has 0 aromatic carbocycles. The van der Waals surface area contributed by atoms with Crippen molar-refractivity contribution in [1.29, 1.82) is 0 Å². The van der Waals surface area contributed by atoms with Crippen LogP contribution < -0.4 is 5.73 Å². The highest BCUT2D eigenvalue weighted by atomic mass is 16.4. The molecule has 0 saturated heterocycles. The molecule has 1 amide bonds. The minimum atomic E-state index is -0.899. The Kier molecular flexibility index (Phi) is 3.28. The van der Waals surface area contributed by atoms with Gasteiger partial charge in [-0.2, -0.15) is 0 Å². The van der Waals surface area contributed by atoms with Crippen LogP contribution in [0, 0.1) is 0 Å². The van der Waals surface area contributed by atoms with Crippen molar-refractivity contribution in [2.24, 2.45) is 5.73 Å². The Bertz CT molecular complexity index is 303. The lowest BCUT2D eigenvalue weighted by Gasteiger charge is -2.37. The van der Waals surface area contributed by atoms with E-state index in [1.807, 2.05) is 20.8 Å². The number of carboxylic acid groups (broad SMARTS) is 1. The molecular weight excluding hydrogens is 208 g/mol. The zero-order valence-electron chi connectivity index (χ0n) is 10.1. The summed E-state index contributed by atoms with van der Waals surface area (Å²) in [7, 11) is 0. The maximum atomic E-state index is 12.1. The molecule has 0 heterocycles. The van der Waals surface area contributed by atoms with Crippen LogP contribution in [0.2, 0.25) is 0 Å². The van der Waals surface area contributed by atoms with Crippen LogP contribution in [-0.2, 0) is 9.59 Å². The molecular formula is C11H20N2O3. The normalized spacial score (nSPS) is 18.0. The van der Waals surface area contributed by atoms with Crippen molar-refractivity contribution in [2.45, 2.75) is 51.1 Å². The summed E-state index contributed by atoms with van der Waals surface area (Å²) in [6.07, 6.45) is 1.36. The van der Waals surface area contributed by atoms with Crippen LogP contribution >= 0.6 is 0 Å². The molecule has 5 nitrogen and oxygen atoms in total. The molecule has 0 aliphatic heterocycles. The third-order valence-electron chi connectivity index (χ3n) is 2.82. The van der Waals surface area contributed by atoms with E-state index in [4.69, 9.17) is 10.8 Å². The number of hydrogen-bond donors (Lipinski definition) is 2. The number of rotatable bonds is 4. The Morgan fingerprint density at radius 2 is 1.88 bits per heavy atom. The van der Waals surface area contributed by atoms with Gasteiger partial charge >= 0.3 is 5.97 Å². The van der Waals surface area contributed by atoms with E-state index in [1.54, 1.807) is 4.90 Å². The Morgan fingerprint density at radius 3 is 2.19 bits per heavy atom.